The molecule has 2 amide bonds. The quantitative estimate of drug-likeness (QED) is 0.715. The summed E-state index contributed by atoms with van der Waals surface area (Å²) in [6.45, 7) is 3.50. The van der Waals surface area contributed by atoms with Crippen LogP contribution in [-0.4, -0.2) is 54.3 Å². The van der Waals surface area contributed by atoms with E-state index in [1.807, 2.05) is 22.8 Å². The Bertz CT molecular complexity index is 905. The molecule has 0 spiro atoms. The van der Waals surface area contributed by atoms with Crippen LogP contribution in [0.15, 0.2) is 24.4 Å². The predicted octanol–water partition coefficient (Wildman–Crippen LogP) is 2.46. The van der Waals surface area contributed by atoms with Crippen LogP contribution in [0.3, 0.4) is 0 Å². The number of fused-ring (bicyclic) bond motifs is 3. The summed E-state index contributed by atoms with van der Waals surface area (Å²) in [5.74, 6) is 1.41. The number of aromatic nitrogens is 2. The van der Waals surface area contributed by atoms with Crippen molar-refractivity contribution in [3.8, 4) is 17.1 Å². The van der Waals surface area contributed by atoms with Crippen molar-refractivity contribution in [2.24, 2.45) is 5.73 Å². The van der Waals surface area contributed by atoms with Crippen LogP contribution >= 0.6 is 0 Å². The van der Waals surface area contributed by atoms with Gasteiger partial charge in [0.2, 0.25) is 6.41 Å². The van der Waals surface area contributed by atoms with E-state index in [2.05, 4.69) is 23.0 Å². The molecule has 162 valence electrons. The van der Waals surface area contributed by atoms with Crippen LogP contribution in [-0.2, 0) is 16.1 Å². The number of halogens is 2. The number of rotatable bonds is 5. The number of primary amides is 1. The molecule has 2 aliphatic rings. The van der Waals surface area contributed by atoms with Crippen LogP contribution in [0.4, 0.5) is 25.1 Å². The average Bonchev–Trinajstić information content (AvgIpc) is 3.26. The minimum atomic E-state index is -2.71. The van der Waals surface area contributed by atoms with Crippen LogP contribution in [0.25, 0.3) is 11.4 Å². The van der Waals surface area contributed by atoms with Gasteiger partial charge in [0.05, 0.1) is 12.1 Å². The zero-order chi connectivity index (χ0) is 21.7. The fourth-order valence-electron chi connectivity index (χ4n) is 3.25. The van der Waals surface area contributed by atoms with E-state index in [1.165, 1.54) is 0 Å². The number of amides is 2. The lowest BCUT2D eigenvalue weighted by Crippen LogP contribution is -2.38. The Balaban J connectivity index is 0.000000806. The molecule has 11 heteroatoms. The van der Waals surface area contributed by atoms with Gasteiger partial charge in [0.15, 0.2) is 5.82 Å². The molecular formula is C19H23F2N5O4. The molecule has 4 rings (SSSR count). The van der Waals surface area contributed by atoms with Crippen molar-refractivity contribution in [3.05, 3.63) is 24.4 Å². The van der Waals surface area contributed by atoms with Crippen LogP contribution in [0.1, 0.15) is 13.3 Å². The highest BCUT2D eigenvalue weighted by Gasteiger charge is 2.42. The van der Waals surface area contributed by atoms with Gasteiger partial charge in [-0.25, -0.2) is 23.5 Å². The third kappa shape index (κ3) is 4.29. The number of benzene rings is 1. The van der Waals surface area contributed by atoms with Gasteiger partial charge in [-0.3, -0.25) is 4.79 Å². The first-order chi connectivity index (χ1) is 14.5. The highest BCUT2D eigenvalue weighted by Crippen LogP contribution is 2.36. The molecule has 1 aromatic heterocycles. The molecule has 9 nitrogen and oxygen atoms in total. The zero-order valence-corrected chi connectivity index (χ0v) is 16.4. The molecular weight excluding hydrogens is 400 g/mol. The number of hydrogen-bond acceptors (Lipinski definition) is 6. The Morgan fingerprint density at radius 3 is 2.87 bits per heavy atom. The van der Waals surface area contributed by atoms with Crippen molar-refractivity contribution in [2.45, 2.75) is 32.4 Å². The van der Waals surface area contributed by atoms with Gasteiger partial charge in [0, 0.05) is 24.5 Å². The van der Waals surface area contributed by atoms with E-state index >= 15 is 0 Å². The second-order valence-corrected chi connectivity index (χ2v) is 6.59. The first kappa shape index (κ1) is 21.3. The predicted molar refractivity (Wildman–Crippen MR) is 106 cm³/mol. The van der Waals surface area contributed by atoms with Gasteiger partial charge in [-0.1, -0.05) is 6.92 Å². The number of carbonyl (C=O) groups is 2. The summed E-state index contributed by atoms with van der Waals surface area (Å²) in [5.41, 5.74) is 5.86. The second kappa shape index (κ2) is 9.42. The Kier molecular flexibility index (Phi) is 6.70. The number of carbonyl (C=O) groups excluding carboxylic acids is 2. The molecule has 0 radical (unpaired) electrons. The Morgan fingerprint density at radius 2 is 2.17 bits per heavy atom. The van der Waals surface area contributed by atoms with Crippen molar-refractivity contribution in [1.29, 1.82) is 0 Å². The molecule has 2 aromatic rings. The molecule has 0 aliphatic carbocycles. The van der Waals surface area contributed by atoms with E-state index in [-0.39, 0.29) is 18.8 Å². The lowest BCUT2D eigenvalue weighted by atomic mass is 10.1. The molecule has 1 unspecified atom stereocenters. The lowest BCUT2D eigenvalue weighted by Gasteiger charge is -2.17. The van der Waals surface area contributed by atoms with Gasteiger partial charge in [-0.15, -0.1) is 0 Å². The van der Waals surface area contributed by atoms with E-state index in [1.54, 1.807) is 6.20 Å². The summed E-state index contributed by atoms with van der Waals surface area (Å²) >= 11 is 0. The summed E-state index contributed by atoms with van der Waals surface area (Å²) in [4.78, 5) is 25.9. The summed E-state index contributed by atoms with van der Waals surface area (Å²) < 4.78 is 38.9. The van der Waals surface area contributed by atoms with Gasteiger partial charge >= 0.3 is 6.09 Å². The minimum Gasteiger partial charge on any atom is -0.491 e. The summed E-state index contributed by atoms with van der Waals surface area (Å²) in [6.07, 6.45) is -0.660. The molecule has 3 heterocycles. The molecule has 1 fully saturated rings. The second-order valence-electron chi connectivity index (χ2n) is 6.59. The molecule has 3 N–H and O–H groups in total. The van der Waals surface area contributed by atoms with Gasteiger partial charge in [0.1, 0.15) is 30.8 Å². The average molecular weight is 423 g/mol. The third-order valence-electron chi connectivity index (χ3n) is 4.60. The van der Waals surface area contributed by atoms with Crippen molar-refractivity contribution in [1.82, 2.24) is 9.55 Å². The number of nitrogens with one attached hydrogen (secondary N) is 1. The Labute approximate surface area is 171 Å². The SMILES string of the molecule is CCCNc1ccc2c(c1)OCCn1cc(N3C(=O)OCC3C(F)F)nc1-2.NC=O. The molecule has 1 saturated heterocycles. The molecule has 1 aromatic carbocycles. The van der Waals surface area contributed by atoms with Crippen LogP contribution < -0.4 is 20.7 Å². The summed E-state index contributed by atoms with van der Waals surface area (Å²) in [5, 5.41) is 3.30. The number of imidazole rings is 1. The van der Waals surface area contributed by atoms with Crippen LogP contribution in [0.5, 0.6) is 5.75 Å². The van der Waals surface area contributed by atoms with E-state index in [9.17, 15) is 13.6 Å². The van der Waals surface area contributed by atoms with E-state index < -0.39 is 18.6 Å². The fraction of sp³-hybridized carbons (Fsp3) is 0.421. The van der Waals surface area contributed by atoms with Gasteiger partial charge in [-0.05, 0) is 18.6 Å². The number of cyclic esters (lactones) is 1. The van der Waals surface area contributed by atoms with Crippen molar-refractivity contribution >= 4 is 24.0 Å². The zero-order valence-electron chi connectivity index (χ0n) is 16.4. The number of nitrogens with zero attached hydrogens (tertiary/aromatic N) is 3. The lowest BCUT2D eigenvalue weighted by molar-refractivity contribution is -0.106. The van der Waals surface area contributed by atoms with Gasteiger partial charge in [-0.2, -0.15) is 0 Å². The van der Waals surface area contributed by atoms with Crippen LogP contribution in [0, 0.1) is 0 Å². The van der Waals surface area contributed by atoms with Gasteiger partial charge < -0.3 is 25.1 Å². The standard InChI is InChI=1S/C18H20F2N4O3.CH3NO/c1-2-5-21-11-3-4-12-14(8-11)26-7-6-23-9-15(22-17(12)23)24-13(16(19)20)10-27-18(24)25;2-1-3/h3-4,8-9,13,16,21H,2,5-7,10H2,1H3;1H,(H2,2,3). The first-order valence-corrected chi connectivity index (χ1v) is 9.47. The smallest absolute Gasteiger partial charge is 0.416 e. The fourth-order valence-corrected chi connectivity index (χ4v) is 3.25. The molecule has 0 bridgehead atoms. The number of anilines is 2. The molecule has 30 heavy (non-hydrogen) atoms. The maximum absolute atomic E-state index is 13.2. The van der Waals surface area contributed by atoms with E-state index in [0.717, 1.165) is 29.1 Å². The van der Waals surface area contributed by atoms with Crippen molar-refractivity contribution in [3.63, 3.8) is 0 Å². The summed E-state index contributed by atoms with van der Waals surface area (Å²) in [6, 6.07) is 4.39. The molecule has 1 atom stereocenters. The first-order valence-electron chi connectivity index (χ1n) is 9.47. The van der Waals surface area contributed by atoms with Crippen LogP contribution in [0.2, 0.25) is 0 Å². The minimum absolute atomic E-state index is 0.166. The molecule has 0 saturated carbocycles. The third-order valence-corrected chi connectivity index (χ3v) is 4.60. The van der Waals surface area contributed by atoms with Crippen molar-refractivity contribution in [2.75, 3.05) is 30.0 Å². The Hall–Kier alpha value is -3.37. The van der Waals surface area contributed by atoms with Gasteiger partial charge in [0.25, 0.3) is 6.43 Å². The Morgan fingerprint density at radius 1 is 1.40 bits per heavy atom. The maximum Gasteiger partial charge on any atom is 0.416 e. The van der Waals surface area contributed by atoms with E-state index in [0.29, 0.717) is 24.7 Å². The highest BCUT2D eigenvalue weighted by atomic mass is 19.3. The number of hydrogen-bond donors (Lipinski definition) is 2. The topological polar surface area (TPSA) is 112 Å². The maximum atomic E-state index is 13.2. The highest BCUT2D eigenvalue weighted by molar-refractivity contribution is 5.89. The number of ether oxygens (including phenoxy) is 2. The molecule has 2 aliphatic heterocycles. The number of alkyl halides is 2. The normalized spacial score (nSPS) is 17.1. The monoisotopic (exact) mass is 423 g/mol. The number of nitrogens with two attached hydrogens (primary N) is 1. The van der Waals surface area contributed by atoms with Crippen molar-refractivity contribution < 1.29 is 27.8 Å². The largest absolute Gasteiger partial charge is 0.491 e. The van der Waals surface area contributed by atoms with E-state index in [4.69, 9.17) is 14.3 Å². The summed E-state index contributed by atoms with van der Waals surface area (Å²) in [7, 11) is 0.